The SMILES string of the molecule is COc1ccc(Cl)cc1-n1cccc1/C=C1/C(=N)N2C(=NC1=O)SN=C2S(C)(=O)=O. The molecule has 1 N–H and O–H groups in total. The molecule has 1 aromatic heterocycles. The molecular weight excluding hydrogens is 450 g/mol. The molecule has 1 amide bonds. The molecular formula is C18H14ClN5O4S2. The number of rotatable bonds is 3. The van der Waals surface area contributed by atoms with E-state index in [0.717, 1.165) is 23.1 Å². The zero-order chi connectivity index (χ0) is 21.6. The van der Waals surface area contributed by atoms with Gasteiger partial charge in [0, 0.05) is 23.2 Å². The molecule has 154 valence electrons. The maximum absolute atomic E-state index is 12.6. The standard InChI is InChI=1S/C18H14ClN5O4S2/c1-28-14-6-5-10(19)8-13(14)23-7-3-4-11(23)9-12-15(20)24-17(21-16(12)25)29-22-18(24)30(2,26)27/h3-9,20H,1-2H3/b12-9-,20-15?. The Morgan fingerprint density at radius 2 is 2.07 bits per heavy atom. The molecule has 3 heterocycles. The van der Waals surface area contributed by atoms with Gasteiger partial charge in [0.1, 0.15) is 11.6 Å². The van der Waals surface area contributed by atoms with Gasteiger partial charge in [-0.15, -0.1) is 0 Å². The molecule has 0 unspecified atom stereocenters. The van der Waals surface area contributed by atoms with Crippen molar-refractivity contribution in [2.75, 3.05) is 13.4 Å². The molecule has 4 rings (SSSR count). The van der Waals surface area contributed by atoms with E-state index in [9.17, 15) is 13.2 Å². The number of amidine groups is 3. The number of hydrogen-bond donors (Lipinski definition) is 1. The first-order chi connectivity index (χ1) is 14.2. The van der Waals surface area contributed by atoms with E-state index < -0.39 is 15.7 Å². The summed E-state index contributed by atoms with van der Waals surface area (Å²) in [5.74, 6) is -0.414. The number of carbonyl (C=O) groups is 1. The molecule has 1 aromatic carbocycles. The Hall–Kier alpha value is -2.89. The molecule has 0 saturated carbocycles. The molecule has 2 aliphatic heterocycles. The number of benzene rings is 1. The number of aromatic nitrogens is 1. The van der Waals surface area contributed by atoms with Gasteiger partial charge >= 0.3 is 0 Å². The minimum absolute atomic E-state index is 0.0365. The first-order valence-corrected chi connectivity index (χ1v) is 11.4. The van der Waals surface area contributed by atoms with Crippen molar-refractivity contribution in [2.45, 2.75) is 0 Å². The van der Waals surface area contributed by atoms with Crippen molar-refractivity contribution >= 4 is 61.5 Å². The molecule has 12 heteroatoms. The monoisotopic (exact) mass is 463 g/mol. The van der Waals surface area contributed by atoms with Crippen molar-refractivity contribution in [3.63, 3.8) is 0 Å². The lowest BCUT2D eigenvalue weighted by Gasteiger charge is -2.24. The summed E-state index contributed by atoms with van der Waals surface area (Å²) in [7, 11) is -2.19. The highest BCUT2D eigenvalue weighted by Gasteiger charge is 2.41. The van der Waals surface area contributed by atoms with Gasteiger partial charge in [-0.2, -0.15) is 9.39 Å². The quantitative estimate of drug-likeness (QED) is 0.552. The average Bonchev–Trinajstić information content (AvgIpc) is 3.31. The minimum atomic E-state index is -3.72. The summed E-state index contributed by atoms with van der Waals surface area (Å²) >= 11 is 6.88. The van der Waals surface area contributed by atoms with Gasteiger partial charge in [0.2, 0.25) is 20.2 Å². The van der Waals surface area contributed by atoms with Crippen LogP contribution in [0.25, 0.3) is 11.8 Å². The van der Waals surface area contributed by atoms with Crippen molar-refractivity contribution < 1.29 is 17.9 Å². The Balaban J connectivity index is 1.81. The number of ether oxygens (including phenoxy) is 1. The topological polar surface area (TPSA) is 117 Å². The number of carbonyl (C=O) groups excluding carboxylic acids is 1. The Labute approximate surface area is 181 Å². The maximum Gasteiger partial charge on any atom is 0.283 e. The Morgan fingerprint density at radius 1 is 1.30 bits per heavy atom. The van der Waals surface area contributed by atoms with Gasteiger partial charge in [-0.1, -0.05) is 11.6 Å². The molecule has 0 saturated heterocycles. The van der Waals surface area contributed by atoms with Gasteiger partial charge < -0.3 is 9.30 Å². The second kappa shape index (κ2) is 7.42. The minimum Gasteiger partial charge on any atom is -0.495 e. The summed E-state index contributed by atoms with van der Waals surface area (Å²) in [6.07, 6.45) is 4.20. The van der Waals surface area contributed by atoms with E-state index >= 15 is 0 Å². The maximum atomic E-state index is 12.6. The van der Waals surface area contributed by atoms with Crippen LogP contribution in [0.4, 0.5) is 0 Å². The number of nitrogens with zero attached hydrogens (tertiary/aromatic N) is 4. The zero-order valence-electron chi connectivity index (χ0n) is 15.7. The van der Waals surface area contributed by atoms with Crippen molar-refractivity contribution in [1.29, 1.82) is 5.41 Å². The average molecular weight is 464 g/mol. The zero-order valence-corrected chi connectivity index (χ0v) is 18.0. The summed E-state index contributed by atoms with van der Waals surface area (Å²) in [5.41, 5.74) is 1.11. The van der Waals surface area contributed by atoms with Crippen LogP contribution in [-0.4, -0.2) is 53.3 Å². The van der Waals surface area contributed by atoms with E-state index in [1.54, 1.807) is 41.1 Å². The number of sulfone groups is 1. The highest BCUT2D eigenvalue weighted by atomic mass is 35.5. The van der Waals surface area contributed by atoms with Gasteiger partial charge in [-0.05, 0) is 36.4 Å². The van der Waals surface area contributed by atoms with Crippen LogP contribution in [0.2, 0.25) is 5.02 Å². The number of methoxy groups -OCH3 is 1. The number of nitrogens with one attached hydrogen (secondary N) is 1. The van der Waals surface area contributed by atoms with Crippen LogP contribution in [0, 0.1) is 5.41 Å². The van der Waals surface area contributed by atoms with Crippen LogP contribution in [0.5, 0.6) is 5.75 Å². The normalized spacial score (nSPS) is 17.8. The highest BCUT2D eigenvalue weighted by molar-refractivity contribution is 8.16. The van der Waals surface area contributed by atoms with Gasteiger partial charge in [-0.25, -0.2) is 13.3 Å². The molecule has 30 heavy (non-hydrogen) atoms. The van der Waals surface area contributed by atoms with E-state index in [1.165, 1.54) is 13.2 Å². The summed E-state index contributed by atoms with van der Waals surface area (Å²) in [6, 6.07) is 8.61. The molecule has 0 fully saturated rings. The molecule has 2 aliphatic rings. The molecule has 9 nitrogen and oxygen atoms in total. The van der Waals surface area contributed by atoms with E-state index in [4.69, 9.17) is 21.7 Å². The molecule has 0 spiro atoms. The van der Waals surface area contributed by atoms with Crippen molar-refractivity contribution in [3.8, 4) is 11.4 Å². The molecule has 0 atom stereocenters. The predicted molar refractivity (Wildman–Crippen MR) is 117 cm³/mol. The molecule has 0 aliphatic carbocycles. The second-order valence-electron chi connectivity index (χ2n) is 6.30. The summed E-state index contributed by atoms with van der Waals surface area (Å²) in [6.45, 7) is 0. The van der Waals surface area contributed by atoms with E-state index in [1.807, 2.05) is 0 Å². The number of fused-ring (bicyclic) bond motifs is 1. The van der Waals surface area contributed by atoms with Gasteiger partial charge in [-0.3, -0.25) is 10.2 Å². The fourth-order valence-electron chi connectivity index (χ4n) is 2.97. The van der Waals surface area contributed by atoms with Crippen molar-refractivity contribution in [1.82, 2.24) is 9.47 Å². The Morgan fingerprint density at radius 3 is 2.77 bits per heavy atom. The predicted octanol–water partition coefficient (Wildman–Crippen LogP) is 2.76. The van der Waals surface area contributed by atoms with E-state index in [-0.39, 0.29) is 21.7 Å². The van der Waals surface area contributed by atoms with Crippen LogP contribution in [0.1, 0.15) is 5.69 Å². The van der Waals surface area contributed by atoms with Crippen LogP contribution in [0.15, 0.2) is 51.5 Å². The van der Waals surface area contributed by atoms with Crippen LogP contribution >= 0.6 is 23.5 Å². The van der Waals surface area contributed by atoms with E-state index in [2.05, 4.69) is 9.39 Å². The van der Waals surface area contributed by atoms with E-state index in [0.29, 0.717) is 22.2 Å². The smallest absolute Gasteiger partial charge is 0.283 e. The molecule has 0 radical (unpaired) electrons. The fraction of sp³-hybridized carbons (Fsp3) is 0.111. The van der Waals surface area contributed by atoms with Gasteiger partial charge in [0.15, 0.2) is 0 Å². The fourth-order valence-corrected chi connectivity index (χ4v) is 4.98. The number of amides is 1. The first-order valence-electron chi connectivity index (χ1n) is 8.41. The first kappa shape index (κ1) is 20.4. The van der Waals surface area contributed by atoms with Crippen LogP contribution in [0.3, 0.4) is 0 Å². The lowest BCUT2D eigenvalue weighted by Crippen LogP contribution is -2.45. The number of hydrogen-bond acceptors (Lipinski definition) is 7. The lowest BCUT2D eigenvalue weighted by molar-refractivity contribution is -0.114. The highest BCUT2D eigenvalue weighted by Crippen LogP contribution is 2.31. The van der Waals surface area contributed by atoms with Crippen molar-refractivity contribution in [3.05, 3.63) is 52.8 Å². The van der Waals surface area contributed by atoms with Crippen LogP contribution < -0.4 is 4.74 Å². The molecule has 0 bridgehead atoms. The van der Waals surface area contributed by atoms with Gasteiger partial charge in [0.05, 0.1) is 30.3 Å². The Kier molecular flexibility index (Phi) is 5.04. The largest absolute Gasteiger partial charge is 0.495 e. The Bertz CT molecular complexity index is 1290. The summed E-state index contributed by atoms with van der Waals surface area (Å²) in [5, 5.41) is 8.65. The van der Waals surface area contributed by atoms with Gasteiger partial charge in [0.25, 0.3) is 5.91 Å². The molecule has 2 aromatic rings. The van der Waals surface area contributed by atoms with Crippen molar-refractivity contribution in [2.24, 2.45) is 9.39 Å². The van der Waals surface area contributed by atoms with Crippen LogP contribution in [-0.2, 0) is 14.6 Å². The number of halogens is 1. The third-order valence-electron chi connectivity index (χ3n) is 4.30. The number of aliphatic imine (C=N–C) groups is 1. The lowest BCUT2D eigenvalue weighted by atomic mass is 10.1. The second-order valence-corrected chi connectivity index (χ2v) is 9.37. The third-order valence-corrected chi connectivity index (χ3v) is 6.29. The summed E-state index contributed by atoms with van der Waals surface area (Å²) < 4.78 is 35.0. The summed E-state index contributed by atoms with van der Waals surface area (Å²) in [4.78, 5) is 17.5. The third kappa shape index (κ3) is 3.44.